The highest BCUT2D eigenvalue weighted by Gasteiger charge is 2.27. The average Bonchev–Trinajstić information content (AvgIpc) is 3.13. The third kappa shape index (κ3) is 37.9. The fourth-order valence-electron chi connectivity index (χ4n) is 6.77. The van der Waals surface area contributed by atoms with Crippen LogP contribution in [0.5, 0.6) is 0 Å². The molecule has 6 N–H and O–H groups in total. The molecule has 0 aromatic heterocycles. The van der Waals surface area contributed by atoms with Gasteiger partial charge in [-0.25, -0.2) is 4.57 Å². The van der Waals surface area contributed by atoms with Gasteiger partial charge < -0.3 is 26.2 Å². The number of amides is 1. The van der Waals surface area contributed by atoms with Gasteiger partial charge in [-0.05, 0) is 19.3 Å². The van der Waals surface area contributed by atoms with Crippen LogP contribution in [0.2, 0.25) is 0 Å². The number of rotatable bonds is 42. The normalized spacial score (nSPS) is 14.8. The van der Waals surface area contributed by atoms with Crippen molar-refractivity contribution in [1.82, 2.24) is 5.32 Å². The van der Waals surface area contributed by atoms with E-state index in [1.165, 1.54) is 154 Å². The summed E-state index contributed by atoms with van der Waals surface area (Å²) in [4.78, 5) is 22.7. The maximum absolute atomic E-state index is 12.8. The Kier molecular flexibility index (Phi) is 38.8. The third-order valence-electron chi connectivity index (χ3n) is 10.2. The van der Waals surface area contributed by atoms with Crippen LogP contribution in [0.15, 0.2) is 12.2 Å². The molecule has 53 heavy (non-hydrogen) atoms. The highest BCUT2D eigenvalue weighted by Crippen LogP contribution is 2.43. The smallest absolute Gasteiger partial charge is 0.393 e. The van der Waals surface area contributed by atoms with Crippen LogP contribution in [-0.4, -0.2) is 59.0 Å². The molecule has 4 unspecified atom stereocenters. The third-order valence-corrected chi connectivity index (χ3v) is 11.2. The van der Waals surface area contributed by atoms with Crippen molar-refractivity contribution in [3.63, 3.8) is 0 Å². The quantitative estimate of drug-likeness (QED) is 0.0233. The molecule has 0 radical (unpaired) electrons. The summed E-state index contributed by atoms with van der Waals surface area (Å²) in [6.45, 7) is 3.99. The first-order chi connectivity index (χ1) is 25.8. The maximum Gasteiger partial charge on any atom is 0.472 e. The minimum Gasteiger partial charge on any atom is -0.393 e. The fraction of sp³-hybridized carbons (Fsp3) is 0.930. The first-order valence-corrected chi connectivity index (χ1v) is 23.9. The fourth-order valence-corrected chi connectivity index (χ4v) is 7.52. The lowest BCUT2D eigenvalue weighted by molar-refractivity contribution is -0.124. The Morgan fingerprint density at radius 1 is 0.642 bits per heavy atom. The molecule has 0 rings (SSSR count). The lowest BCUT2D eigenvalue weighted by atomic mass is 10.0. The van der Waals surface area contributed by atoms with E-state index >= 15 is 0 Å². The Bertz CT molecular complexity index is 862. The minimum absolute atomic E-state index is 0.0514. The Labute approximate surface area is 327 Å². The molecule has 4 atom stereocenters. The van der Waals surface area contributed by atoms with Gasteiger partial charge >= 0.3 is 7.82 Å². The first-order valence-electron chi connectivity index (χ1n) is 22.4. The molecule has 10 heteroatoms. The Morgan fingerprint density at radius 3 is 1.45 bits per heavy atom. The second-order valence-corrected chi connectivity index (χ2v) is 16.9. The SMILES string of the molecule is CCCCCCCCCCCCC/C=C/C(O)C(COP(=O)(O)OCCN)NC(=O)CC(O)CCCCCCCCCCCCCCCCCCCC. The van der Waals surface area contributed by atoms with Crippen molar-refractivity contribution in [1.29, 1.82) is 0 Å². The summed E-state index contributed by atoms with van der Waals surface area (Å²) in [5, 5.41) is 24.0. The average molecular weight is 775 g/mol. The van der Waals surface area contributed by atoms with Gasteiger partial charge in [-0.1, -0.05) is 206 Å². The van der Waals surface area contributed by atoms with Crippen LogP contribution in [0.4, 0.5) is 0 Å². The van der Waals surface area contributed by atoms with Crippen molar-refractivity contribution in [3.05, 3.63) is 12.2 Å². The maximum atomic E-state index is 12.8. The lowest BCUT2D eigenvalue weighted by Crippen LogP contribution is -2.46. The number of aliphatic hydroxyl groups is 2. The minimum atomic E-state index is -4.39. The number of aliphatic hydroxyl groups excluding tert-OH is 2. The number of unbranched alkanes of at least 4 members (excludes halogenated alkanes) is 28. The van der Waals surface area contributed by atoms with Crippen LogP contribution in [0, 0.1) is 0 Å². The van der Waals surface area contributed by atoms with Gasteiger partial charge in [-0.15, -0.1) is 0 Å². The van der Waals surface area contributed by atoms with E-state index in [-0.39, 0.29) is 19.6 Å². The van der Waals surface area contributed by atoms with E-state index in [1.807, 2.05) is 6.08 Å². The predicted molar refractivity (Wildman–Crippen MR) is 223 cm³/mol. The van der Waals surface area contributed by atoms with Crippen molar-refractivity contribution in [2.24, 2.45) is 5.73 Å². The molecule has 0 fully saturated rings. The molecule has 0 spiro atoms. The topological polar surface area (TPSA) is 151 Å². The van der Waals surface area contributed by atoms with E-state index in [4.69, 9.17) is 14.8 Å². The standard InChI is InChI=1S/C43H87N2O7P/c1-3-5-7-9-11-13-15-17-18-19-20-21-23-24-26-28-30-32-34-40(46)38-43(48)45-41(39-52-53(49,50)51-37-36-44)42(47)35-33-31-29-27-25-22-16-14-12-10-8-6-4-2/h33,35,40-42,46-47H,3-32,34,36-39,44H2,1-2H3,(H,45,48)(H,49,50)/b35-33+. The number of hydrogen-bond acceptors (Lipinski definition) is 7. The van der Waals surface area contributed by atoms with Gasteiger partial charge in [0.1, 0.15) is 0 Å². The molecule has 0 aromatic carbocycles. The summed E-state index contributed by atoms with van der Waals surface area (Å²) >= 11 is 0. The molecule has 0 bridgehead atoms. The highest BCUT2D eigenvalue weighted by molar-refractivity contribution is 7.47. The van der Waals surface area contributed by atoms with E-state index in [0.29, 0.717) is 6.42 Å². The largest absolute Gasteiger partial charge is 0.472 e. The van der Waals surface area contributed by atoms with Crippen LogP contribution < -0.4 is 11.1 Å². The molecule has 0 aliphatic rings. The van der Waals surface area contributed by atoms with Gasteiger partial charge in [0.05, 0.1) is 37.9 Å². The van der Waals surface area contributed by atoms with Crippen LogP contribution in [0.25, 0.3) is 0 Å². The summed E-state index contributed by atoms with van der Waals surface area (Å²) < 4.78 is 22.1. The summed E-state index contributed by atoms with van der Waals surface area (Å²) in [7, 11) is -4.39. The van der Waals surface area contributed by atoms with Crippen molar-refractivity contribution >= 4 is 13.7 Å². The molecule has 0 aliphatic heterocycles. The monoisotopic (exact) mass is 775 g/mol. The van der Waals surface area contributed by atoms with E-state index in [9.17, 15) is 24.5 Å². The molecular formula is C43H87N2O7P. The number of hydrogen-bond donors (Lipinski definition) is 5. The van der Waals surface area contributed by atoms with Crippen molar-refractivity contribution in [3.8, 4) is 0 Å². The summed E-state index contributed by atoms with van der Waals surface area (Å²) in [5.41, 5.74) is 5.36. The molecule has 0 aliphatic carbocycles. The van der Waals surface area contributed by atoms with Gasteiger partial charge in [-0.2, -0.15) is 0 Å². The number of carbonyl (C=O) groups excluding carboxylic acids is 1. The van der Waals surface area contributed by atoms with Crippen molar-refractivity contribution in [2.45, 2.75) is 238 Å². The number of carbonyl (C=O) groups is 1. The molecule has 1 amide bonds. The number of allylic oxidation sites excluding steroid dienone is 1. The predicted octanol–water partition coefficient (Wildman–Crippen LogP) is 11.4. The zero-order chi connectivity index (χ0) is 39.1. The van der Waals surface area contributed by atoms with Gasteiger partial charge in [-0.3, -0.25) is 13.8 Å². The number of nitrogens with one attached hydrogen (secondary N) is 1. The zero-order valence-electron chi connectivity index (χ0n) is 34.6. The van der Waals surface area contributed by atoms with E-state index in [1.54, 1.807) is 6.08 Å². The van der Waals surface area contributed by atoms with Gasteiger partial charge in [0, 0.05) is 6.54 Å². The number of phosphoric ester groups is 1. The Hall–Kier alpha value is -0.800. The van der Waals surface area contributed by atoms with Gasteiger partial charge in [0.2, 0.25) is 5.91 Å². The van der Waals surface area contributed by atoms with Gasteiger partial charge in [0.25, 0.3) is 0 Å². The molecule has 0 heterocycles. The molecule has 316 valence electrons. The van der Waals surface area contributed by atoms with Crippen LogP contribution in [-0.2, 0) is 18.4 Å². The first kappa shape index (κ1) is 52.2. The second kappa shape index (κ2) is 39.4. The lowest BCUT2D eigenvalue weighted by Gasteiger charge is -2.24. The van der Waals surface area contributed by atoms with Crippen LogP contribution in [0.1, 0.15) is 219 Å². The van der Waals surface area contributed by atoms with E-state index in [2.05, 4.69) is 19.2 Å². The number of phosphoric acid groups is 1. The van der Waals surface area contributed by atoms with Crippen molar-refractivity contribution < 1.29 is 33.5 Å². The summed E-state index contributed by atoms with van der Waals surface area (Å²) in [6.07, 6.45) is 40.1. The van der Waals surface area contributed by atoms with Crippen LogP contribution >= 0.6 is 7.82 Å². The van der Waals surface area contributed by atoms with E-state index in [0.717, 1.165) is 38.5 Å². The summed E-state index contributed by atoms with van der Waals surface area (Å²) in [5.74, 6) is -0.443. The van der Waals surface area contributed by atoms with Crippen LogP contribution in [0.3, 0.4) is 0 Å². The molecule has 0 saturated heterocycles. The second-order valence-electron chi connectivity index (χ2n) is 15.5. The zero-order valence-corrected chi connectivity index (χ0v) is 35.5. The molecular weight excluding hydrogens is 687 g/mol. The van der Waals surface area contributed by atoms with Gasteiger partial charge in [0.15, 0.2) is 0 Å². The molecule has 0 aromatic rings. The highest BCUT2D eigenvalue weighted by atomic mass is 31.2. The summed E-state index contributed by atoms with van der Waals surface area (Å²) in [6, 6.07) is -0.977. The number of nitrogens with two attached hydrogens (primary N) is 1. The Balaban J connectivity index is 4.24. The van der Waals surface area contributed by atoms with E-state index < -0.39 is 38.6 Å². The molecule has 9 nitrogen and oxygen atoms in total. The van der Waals surface area contributed by atoms with Crippen molar-refractivity contribution in [2.75, 3.05) is 19.8 Å². The Morgan fingerprint density at radius 2 is 1.04 bits per heavy atom. The molecule has 0 saturated carbocycles.